The molecule has 0 bridgehead atoms. The molecular weight excluding hydrogens is 330 g/mol. The Kier molecular flexibility index (Phi) is 5.06. The second kappa shape index (κ2) is 7.23. The maximum absolute atomic E-state index is 11.8. The lowest BCUT2D eigenvalue weighted by atomic mass is 10.1. The number of nitrogens with one attached hydrogen (secondary N) is 1. The molecule has 128 valence electrons. The lowest BCUT2D eigenvalue weighted by Crippen LogP contribution is -2.21. The molecular formula is C17H20ClN3O3. The molecule has 1 aromatic carbocycles. The predicted octanol–water partition coefficient (Wildman–Crippen LogP) is 2.52. The lowest BCUT2D eigenvalue weighted by molar-refractivity contribution is 0.140. The average Bonchev–Trinajstić information content (AvgIpc) is 3.06. The highest BCUT2D eigenvalue weighted by Crippen LogP contribution is 2.25. The van der Waals surface area contributed by atoms with Gasteiger partial charge in [-0.15, -0.1) is 0 Å². The number of hydrogen-bond acceptors (Lipinski definition) is 5. The highest BCUT2D eigenvalue weighted by molar-refractivity contribution is 6.32. The van der Waals surface area contributed by atoms with Gasteiger partial charge < -0.3 is 14.8 Å². The number of hydrogen-bond donors (Lipinski definition) is 1. The minimum Gasteiger partial charge on any atom is -0.488 e. The molecule has 0 spiro atoms. The van der Waals surface area contributed by atoms with E-state index in [0.29, 0.717) is 18.8 Å². The summed E-state index contributed by atoms with van der Waals surface area (Å²) >= 11 is 6.08. The second-order valence-electron chi connectivity index (χ2n) is 5.87. The third-order valence-electron chi connectivity index (χ3n) is 3.95. The minimum absolute atomic E-state index is 0.0832. The fraction of sp³-hybridized carbons (Fsp3) is 0.412. The van der Waals surface area contributed by atoms with Gasteiger partial charge >= 0.3 is 0 Å². The summed E-state index contributed by atoms with van der Waals surface area (Å²) in [5.41, 5.74) is 2.30. The molecule has 1 aromatic heterocycles. The largest absolute Gasteiger partial charge is 0.488 e. The van der Waals surface area contributed by atoms with Crippen LogP contribution in [-0.4, -0.2) is 29.1 Å². The van der Waals surface area contributed by atoms with Crippen LogP contribution in [0.2, 0.25) is 5.02 Å². The quantitative estimate of drug-likeness (QED) is 0.898. The van der Waals surface area contributed by atoms with E-state index >= 15 is 0 Å². The minimum atomic E-state index is -0.329. The van der Waals surface area contributed by atoms with Crippen molar-refractivity contribution in [3.8, 4) is 5.75 Å². The SMILES string of the molecule is Cc1ccc(CNc2cnn(C)c(=O)c2Cl)c(O[C@H]2CCOC2)c1. The van der Waals surface area contributed by atoms with Crippen molar-refractivity contribution < 1.29 is 9.47 Å². The molecule has 0 saturated carbocycles. The van der Waals surface area contributed by atoms with Gasteiger partial charge in [0.15, 0.2) is 0 Å². The van der Waals surface area contributed by atoms with E-state index in [2.05, 4.69) is 10.4 Å². The molecule has 2 heterocycles. The van der Waals surface area contributed by atoms with Crippen molar-refractivity contribution in [2.45, 2.75) is 26.0 Å². The van der Waals surface area contributed by atoms with Gasteiger partial charge in [-0.25, -0.2) is 4.68 Å². The maximum atomic E-state index is 11.8. The molecule has 6 nitrogen and oxygen atoms in total. The van der Waals surface area contributed by atoms with Crippen LogP contribution in [0.15, 0.2) is 29.2 Å². The molecule has 1 fully saturated rings. The molecule has 0 aliphatic carbocycles. The van der Waals surface area contributed by atoms with Gasteiger partial charge in [0.05, 0.1) is 25.1 Å². The van der Waals surface area contributed by atoms with E-state index < -0.39 is 0 Å². The molecule has 3 rings (SSSR count). The van der Waals surface area contributed by atoms with Crippen LogP contribution in [-0.2, 0) is 18.3 Å². The van der Waals surface area contributed by atoms with Gasteiger partial charge in [-0.1, -0.05) is 23.7 Å². The smallest absolute Gasteiger partial charge is 0.287 e. The van der Waals surface area contributed by atoms with Crippen LogP contribution in [0.5, 0.6) is 5.75 Å². The molecule has 7 heteroatoms. The molecule has 1 aliphatic rings. The predicted molar refractivity (Wildman–Crippen MR) is 92.8 cm³/mol. The van der Waals surface area contributed by atoms with Crippen molar-refractivity contribution in [2.24, 2.45) is 7.05 Å². The first-order valence-electron chi connectivity index (χ1n) is 7.84. The summed E-state index contributed by atoms with van der Waals surface area (Å²) in [5, 5.41) is 7.27. The highest BCUT2D eigenvalue weighted by Gasteiger charge is 2.19. The number of aromatic nitrogens is 2. The van der Waals surface area contributed by atoms with E-state index in [1.54, 1.807) is 13.2 Å². The van der Waals surface area contributed by atoms with Crippen LogP contribution in [0, 0.1) is 6.92 Å². The molecule has 0 amide bonds. The third kappa shape index (κ3) is 3.71. The van der Waals surface area contributed by atoms with Crippen molar-refractivity contribution in [2.75, 3.05) is 18.5 Å². The molecule has 1 atom stereocenters. The molecule has 1 aliphatic heterocycles. The number of nitrogens with zero attached hydrogens (tertiary/aromatic N) is 2. The van der Waals surface area contributed by atoms with Crippen LogP contribution in [0.4, 0.5) is 5.69 Å². The van der Waals surface area contributed by atoms with Crippen LogP contribution in [0.3, 0.4) is 0 Å². The van der Waals surface area contributed by atoms with Gasteiger partial charge in [-0.3, -0.25) is 4.79 Å². The van der Waals surface area contributed by atoms with E-state index in [-0.39, 0.29) is 16.7 Å². The standard InChI is InChI=1S/C17H20ClN3O3/c1-11-3-4-12(15(7-11)24-13-5-6-23-10-13)8-19-14-9-20-21(2)17(22)16(14)18/h3-4,7,9,13,19H,5-6,8,10H2,1-2H3/t13-/m0/s1. The summed E-state index contributed by atoms with van der Waals surface area (Å²) in [5.74, 6) is 0.825. The van der Waals surface area contributed by atoms with Crippen molar-refractivity contribution in [3.63, 3.8) is 0 Å². The fourth-order valence-corrected chi connectivity index (χ4v) is 2.77. The number of aryl methyl sites for hydroxylation is 2. The van der Waals surface area contributed by atoms with E-state index in [1.807, 2.05) is 25.1 Å². The van der Waals surface area contributed by atoms with E-state index in [0.717, 1.165) is 29.9 Å². The number of benzene rings is 1. The summed E-state index contributed by atoms with van der Waals surface area (Å²) in [4.78, 5) is 11.8. The summed E-state index contributed by atoms with van der Waals surface area (Å²) in [6.45, 7) is 3.86. The van der Waals surface area contributed by atoms with E-state index in [9.17, 15) is 4.79 Å². The molecule has 1 N–H and O–H groups in total. The number of halogens is 1. The Bertz CT molecular complexity index is 785. The summed E-state index contributed by atoms with van der Waals surface area (Å²) in [7, 11) is 1.56. The zero-order chi connectivity index (χ0) is 17.1. The Labute approximate surface area is 145 Å². The Morgan fingerprint density at radius 1 is 1.50 bits per heavy atom. The number of ether oxygens (including phenoxy) is 2. The van der Waals surface area contributed by atoms with Crippen LogP contribution in [0.25, 0.3) is 0 Å². The third-order valence-corrected chi connectivity index (χ3v) is 4.32. The van der Waals surface area contributed by atoms with Gasteiger partial charge in [0, 0.05) is 25.6 Å². The summed E-state index contributed by atoms with van der Waals surface area (Å²) < 4.78 is 12.6. The first kappa shape index (κ1) is 16.8. The molecule has 0 unspecified atom stereocenters. The Balaban J connectivity index is 1.77. The van der Waals surface area contributed by atoms with Gasteiger partial charge in [-0.2, -0.15) is 5.10 Å². The van der Waals surface area contributed by atoms with Gasteiger partial charge in [0.25, 0.3) is 5.56 Å². The Hall–Kier alpha value is -2.05. The monoisotopic (exact) mass is 349 g/mol. The first-order valence-corrected chi connectivity index (χ1v) is 8.22. The highest BCUT2D eigenvalue weighted by atomic mass is 35.5. The number of rotatable bonds is 5. The van der Waals surface area contributed by atoms with E-state index in [1.165, 1.54) is 4.68 Å². The lowest BCUT2D eigenvalue weighted by Gasteiger charge is -2.17. The molecule has 1 saturated heterocycles. The van der Waals surface area contributed by atoms with Crippen LogP contribution >= 0.6 is 11.6 Å². The number of anilines is 1. The van der Waals surface area contributed by atoms with Crippen LogP contribution in [0.1, 0.15) is 17.5 Å². The maximum Gasteiger partial charge on any atom is 0.287 e. The van der Waals surface area contributed by atoms with Crippen molar-refractivity contribution in [1.29, 1.82) is 0 Å². The fourth-order valence-electron chi connectivity index (χ4n) is 2.53. The summed E-state index contributed by atoms with van der Waals surface area (Å²) in [6.07, 6.45) is 2.52. The summed E-state index contributed by atoms with van der Waals surface area (Å²) in [6, 6.07) is 6.05. The Morgan fingerprint density at radius 3 is 3.08 bits per heavy atom. The van der Waals surface area contributed by atoms with E-state index in [4.69, 9.17) is 21.1 Å². The molecule has 0 radical (unpaired) electrons. The van der Waals surface area contributed by atoms with Crippen molar-refractivity contribution in [1.82, 2.24) is 9.78 Å². The topological polar surface area (TPSA) is 65.4 Å². The van der Waals surface area contributed by atoms with Gasteiger partial charge in [-0.05, 0) is 18.6 Å². The van der Waals surface area contributed by atoms with Crippen LogP contribution < -0.4 is 15.6 Å². The normalized spacial score (nSPS) is 17.0. The van der Waals surface area contributed by atoms with Crippen molar-refractivity contribution in [3.05, 3.63) is 50.9 Å². The van der Waals surface area contributed by atoms with Crippen molar-refractivity contribution >= 4 is 17.3 Å². The zero-order valence-electron chi connectivity index (χ0n) is 13.7. The molecule has 24 heavy (non-hydrogen) atoms. The average molecular weight is 350 g/mol. The molecule has 2 aromatic rings. The Morgan fingerprint density at radius 2 is 2.33 bits per heavy atom. The first-order chi connectivity index (χ1) is 11.5. The second-order valence-corrected chi connectivity index (χ2v) is 6.25. The zero-order valence-corrected chi connectivity index (χ0v) is 14.5. The van der Waals surface area contributed by atoms with Gasteiger partial charge in [0.2, 0.25) is 0 Å². The van der Waals surface area contributed by atoms with Gasteiger partial charge in [0.1, 0.15) is 16.9 Å².